The van der Waals surface area contributed by atoms with Crippen molar-refractivity contribution in [3.05, 3.63) is 29.6 Å². The number of rotatable bonds is 3. The molecule has 0 saturated heterocycles. The number of halogens is 1. The molecule has 0 radical (unpaired) electrons. The molecule has 0 aliphatic carbocycles. The second kappa shape index (κ2) is 4.23. The third kappa shape index (κ3) is 2.70. The third-order valence-electron chi connectivity index (χ3n) is 1.64. The molecule has 1 aromatic rings. The first-order valence-electron chi connectivity index (χ1n) is 4.17. The van der Waals surface area contributed by atoms with Gasteiger partial charge in [0.15, 0.2) is 11.6 Å². The molecule has 0 heterocycles. The minimum absolute atomic E-state index is 0.111. The van der Waals surface area contributed by atoms with Gasteiger partial charge in [-0.05, 0) is 25.5 Å². The minimum atomic E-state index is -0.583. The summed E-state index contributed by atoms with van der Waals surface area (Å²) in [6, 6.07) is 4.94. The van der Waals surface area contributed by atoms with E-state index in [-0.39, 0.29) is 18.2 Å². The largest absolute Gasteiger partial charge is 0.488 e. The SMILES string of the molecule is Cc1cccc(OC[C@@H](C)O)c1F. The molecule has 0 spiro atoms. The second-order valence-electron chi connectivity index (χ2n) is 3.05. The maximum absolute atomic E-state index is 13.2. The molecule has 3 heteroatoms. The van der Waals surface area contributed by atoms with Crippen LogP contribution in [-0.4, -0.2) is 17.8 Å². The third-order valence-corrected chi connectivity index (χ3v) is 1.64. The Morgan fingerprint density at radius 3 is 2.85 bits per heavy atom. The first-order valence-corrected chi connectivity index (χ1v) is 4.17. The van der Waals surface area contributed by atoms with Gasteiger partial charge in [-0.1, -0.05) is 12.1 Å². The summed E-state index contributed by atoms with van der Waals surface area (Å²) in [5, 5.41) is 8.93. The minimum Gasteiger partial charge on any atom is -0.488 e. The number of aryl methyl sites for hydroxylation is 1. The Bertz CT molecular complexity index is 284. The van der Waals surface area contributed by atoms with Gasteiger partial charge < -0.3 is 9.84 Å². The van der Waals surface area contributed by atoms with Gasteiger partial charge >= 0.3 is 0 Å². The summed E-state index contributed by atoms with van der Waals surface area (Å²) >= 11 is 0. The molecule has 0 aliphatic heterocycles. The fourth-order valence-corrected chi connectivity index (χ4v) is 0.942. The van der Waals surface area contributed by atoms with E-state index in [9.17, 15) is 4.39 Å². The molecule has 2 nitrogen and oxygen atoms in total. The van der Waals surface area contributed by atoms with Gasteiger partial charge in [0.25, 0.3) is 0 Å². The molecule has 1 rings (SSSR count). The average Bonchev–Trinajstić information content (AvgIpc) is 2.07. The van der Waals surface area contributed by atoms with Crippen molar-refractivity contribution in [3.8, 4) is 5.75 Å². The van der Waals surface area contributed by atoms with Crippen LogP contribution in [0, 0.1) is 12.7 Å². The fourth-order valence-electron chi connectivity index (χ4n) is 0.942. The summed E-state index contributed by atoms with van der Waals surface area (Å²) in [4.78, 5) is 0. The van der Waals surface area contributed by atoms with Gasteiger partial charge in [0.1, 0.15) is 6.61 Å². The van der Waals surface area contributed by atoms with E-state index in [4.69, 9.17) is 9.84 Å². The van der Waals surface area contributed by atoms with Gasteiger partial charge in [0.05, 0.1) is 6.10 Å². The molecule has 0 fully saturated rings. The Morgan fingerprint density at radius 1 is 1.54 bits per heavy atom. The lowest BCUT2D eigenvalue weighted by Crippen LogP contribution is -2.13. The monoisotopic (exact) mass is 184 g/mol. The smallest absolute Gasteiger partial charge is 0.167 e. The van der Waals surface area contributed by atoms with Crippen molar-refractivity contribution >= 4 is 0 Å². The van der Waals surface area contributed by atoms with E-state index in [1.54, 1.807) is 32.0 Å². The van der Waals surface area contributed by atoms with E-state index in [0.29, 0.717) is 5.56 Å². The summed E-state index contributed by atoms with van der Waals surface area (Å²) in [7, 11) is 0. The quantitative estimate of drug-likeness (QED) is 0.777. The van der Waals surface area contributed by atoms with Crippen molar-refractivity contribution in [1.82, 2.24) is 0 Å². The van der Waals surface area contributed by atoms with Crippen molar-refractivity contribution in [1.29, 1.82) is 0 Å². The van der Waals surface area contributed by atoms with Crippen molar-refractivity contribution in [2.24, 2.45) is 0 Å². The number of aliphatic hydroxyl groups is 1. The molecular formula is C10H13FO2. The Labute approximate surface area is 77.0 Å². The molecule has 0 aromatic heterocycles. The van der Waals surface area contributed by atoms with Crippen molar-refractivity contribution in [3.63, 3.8) is 0 Å². The highest BCUT2D eigenvalue weighted by Crippen LogP contribution is 2.19. The Balaban J connectivity index is 2.71. The molecule has 72 valence electrons. The summed E-state index contributed by atoms with van der Waals surface area (Å²) in [6.07, 6.45) is -0.583. The molecule has 0 amide bonds. The van der Waals surface area contributed by atoms with Gasteiger partial charge in [-0.25, -0.2) is 4.39 Å². The van der Waals surface area contributed by atoms with E-state index in [1.165, 1.54) is 0 Å². The zero-order chi connectivity index (χ0) is 9.84. The highest BCUT2D eigenvalue weighted by molar-refractivity contribution is 5.30. The molecular weight excluding hydrogens is 171 g/mol. The van der Waals surface area contributed by atoms with Crippen LogP contribution in [-0.2, 0) is 0 Å². The Morgan fingerprint density at radius 2 is 2.23 bits per heavy atom. The number of benzene rings is 1. The predicted molar refractivity (Wildman–Crippen MR) is 48.3 cm³/mol. The van der Waals surface area contributed by atoms with Crippen LogP contribution >= 0.6 is 0 Å². The van der Waals surface area contributed by atoms with Gasteiger partial charge in [-0.15, -0.1) is 0 Å². The first kappa shape index (κ1) is 9.99. The molecule has 0 aliphatic rings. The topological polar surface area (TPSA) is 29.5 Å². The van der Waals surface area contributed by atoms with Crippen LogP contribution in [0.1, 0.15) is 12.5 Å². The molecule has 0 unspecified atom stereocenters. The zero-order valence-corrected chi connectivity index (χ0v) is 7.75. The second-order valence-corrected chi connectivity index (χ2v) is 3.05. The van der Waals surface area contributed by atoms with Crippen molar-refractivity contribution < 1.29 is 14.2 Å². The molecule has 0 bridgehead atoms. The van der Waals surface area contributed by atoms with Crippen molar-refractivity contribution in [2.45, 2.75) is 20.0 Å². The van der Waals surface area contributed by atoms with E-state index in [1.807, 2.05) is 0 Å². The lowest BCUT2D eigenvalue weighted by molar-refractivity contribution is 0.120. The zero-order valence-electron chi connectivity index (χ0n) is 7.75. The average molecular weight is 184 g/mol. The van der Waals surface area contributed by atoms with Crippen LogP contribution in [0.3, 0.4) is 0 Å². The fraction of sp³-hybridized carbons (Fsp3) is 0.400. The number of hydrogen-bond acceptors (Lipinski definition) is 2. The number of ether oxygens (including phenoxy) is 1. The number of hydrogen-bond donors (Lipinski definition) is 1. The highest BCUT2D eigenvalue weighted by atomic mass is 19.1. The summed E-state index contributed by atoms with van der Waals surface area (Å²) in [6.45, 7) is 3.37. The van der Waals surface area contributed by atoms with Gasteiger partial charge in [-0.3, -0.25) is 0 Å². The van der Waals surface area contributed by atoms with Gasteiger partial charge in [-0.2, -0.15) is 0 Å². The first-order chi connectivity index (χ1) is 6.11. The van der Waals surface area contributed by atoms with E-state index < -0.39 is 6.10 Å². The number of aliphatic hydroxyl groups excluding tert-OH is 1. The summed E-state index contributed by atoms with van der Waals surface area (Å²) in [5.74, 6) is -0.163. The molecule has 0 saturated carbocycles. The van der Waals surface area contributed by atoms with E-state index in [2.05, 4.69) is 0 Å². The maximum atomic E-state index is 13.2. The lowest BCUT2D eigenvalue weighted by Gasteiger charge is -2.09. The van der Waals surface area contributed by atoms with Crippen LogP contribution in [0.4, 0.5) is 4.39 Å². The van der Waals surface area contributed by atoms with Gasteiger partial charge in [0, 0.05) is 0 Å². The molecule has 1 aromatic carbocycles. The highest BCUT2D eigenvalue weighted by Gasteiger charge is 2.06. The molecule has 1 N–H and O–H groups in total. The predicted octanol–water partition coefficient (Wildman–Crippen LogP) is 1.89. The van der Waals surface area contributed by atoms with E-state index >= 15 is 0 Å². The van der Waals surface area contributed by atoms with Crippen LogP contribution < -0.4 is 4.74 Å². The molecule has 1 atom stereocenters. The van der Waals surface area contributed by atoms with Crippen LogP contribution in [0.2, 0.25) is 0 Å². The van der Waals surface area contributed by atoms with Gasteiger partial charge in [0.2, 0.25) is 0 Å². The lowest BCUT2D eigenvalue weighted by atomic mass is 10.2. The summed E-state index contributed by atoms with van der Waals surface area (Å²) in [5.41, 5.74) is 0.545. The standard InChI is InChI=1S/C10H13FO2/c1-7-4-3-5-9(10(7)11)13-6-8(2)12/h3-5,8,12H,6H2,1-2H3/t8-/m1/s1. The van der Waals surface area contributed by atoms with Crippen molar-refractivity contribution in [2.75, 3.05) is 6.61 Å². The Kier molecular flexibility index (Phi) is 3.25. The van der Waals surface area contributed by atoms with Crippen LogP contribution in [0.15, 0.2) is 18.2 Å². The molecule has 13 heavy (non-hydrogen) atoms. The maximum Gasteiger partial charge on any atom is 0.167 e. The Hall–Kier alpha value is -1.09. The normalized spacial score (nSPS) is 12.6. The van der Waals surface area contributed by atoms with E-state index in [0.717, 1.165) is 0 Å². The van der Waals surface area contributed by atoms with Crippen LogP contribution in [0.5, 0.6) is 5.75 Å². The summed E-state index contributed by atoms with van der Waals surface area (Å²) < 4.78 is 18.3. The van der Waals surface area contributed by atoms with Crippen LogP contribution in [0.25, 0.3) is 0 Å².